The van der Waals surface area contributed by atoms with Gasteiger partial charge in [0, 0.05) is 33.7 Å². The molecule has 2 aliphatic rings. The summed E-state index contributed by atoms with van der Waals surface area (Å²) in [5.74, 6) is 0. The predicted molar refractivity (Wildman–Crippen MR) is 265 cm³/mol. The van der Waals surface area contributed by atoms with E-state index in [1.807, 2.05) is 6.07 Å². The zero-order valence-corrected chi connectivity index (χ0v) is 34.9. The highest BCUT2D eigenvalue weighted by Crippen LogP contribution is 2.65. The SMILES string of the molecule is c1ccc(-c2cc3c(cc2N(c2ccccc2)c2ccccc2)C2(c4ccccc4-c4ccc(N(c5ccccc5)c5cccc6oc7ccccc7c56)cc42)c2ccccc2-3)cc1. The van der Waals surface area contributed by atoms with Crippen LogP contribution in [0, 0.1) is 0 Å². The van der Waals surface area contributed by atoms with Crippen molar-refractivity contribution in [3.05, 3.63) is 265 Å². The maximum atomic E-state index is 6.49. The number of hydrogen-bond acceptors (Lipinski definition) is 3. The topological polar surface area (TPSA) is 19.6 Å². The number of rotatable bonds is 7. The highest BCUT2D eigenvalue weighted by atomic mass is 16.3. The second kappa shape index (κ2) is 14.3. The lowest BCUT2D eigenvalue weighted by Gasteiger charge is -2.34. The predicted octanol–water partition coefficient (Wildman–Crippen LogP) is 16.5. The summed E-state index contributed by atoms with van der Waals surface area (Å²) in [6.07, 6.45) is 0. The Bertz CT molecular complexity index is 3520. The van der Waals surface area contributed by atoms with E-state index < -0.39 is 5.41 Å². The van der Waals surface area contributed by atoms with Gasteiger partial charge >= 0.3 is 0 Å². The van der Waals surface area contributed by atoms with E-state index in [0.717, 1.165) is 56.1 Å². The average Bonchev–Trinajstić information content (AvgIpc) is 3.99. The van der Waals surface area contributed by atoms with Gasteiger partial charge in [-0.15, -0.1) is 0 Å². The van der Waals surface area contributed by atoms with E-state index in [2.05, 4.69) is 246 Å². The van der Waals surface area contributed by atoms with Gasteiger partial charge in [-0.2, -0.15) is 0 Å². The molecular formula is C61H40N2O. The van der Waals surface area contributed by atoms with Crippen LogP contribution in [0.4, 0.5) is 34.1 Å². The number of para-hydroxylation sites is 4. The van der Waals surface area contributed by atoms with Gasteiger partial charge < -0.3 is 14.2 Å². The first-order valence-corrected chi connectivity index (χ1v) is 22.0. The van der Waals surface area contributed by atoms with Crippen molar-refractivity contribution in [3.8, 4) is 33.4 Å². The molecule has 2 aliphatic carbocycles. The molecule has 0 fully saturated rings. The summed E-state index contributed by atoms with van der Waals surface area (Å²) >= 11 is 0. The largest absolute Gasteiger partial charge is 0.456 e. The molecule has 1 unspecified atom stereocenters. The van der Waals surface area contributed by atoms with Crippen LogP contribution < -0.4 is 9.80 Å². The third-order valence-electron chi connectivity index (χ3n) is 13.4. The molecular weight excluding hydrogens is 777 g/mol. The molecule has 1 spiro atoms. The Labute approximate surface area is 372 Å². The number of anilines is 6. The minimum Gasteiger partial charge on any atom is -0.456 e. The van der Waals surface area contributed by atoms with Gasteiger partial charge in [0.1, 0.15) is 11.2 Å². The van der Waals surface area contributed by atoms with E-state index in [0.29, 0.717) is 0 Å². The van der Waals surface area contributed by atoms with E-state index in [1.165, 1.54) is 55.6 Å². The summed E-state index contributed by atoms with van der Waals surface area (Å²) in [4.78, 5) is 4.85. The van der Waals surface area contributed by atoms with Crippen LogP contribution in [0.2, 0.25) is 0 Å². The fraction of sp³-hybridized carbons (Fsp3) is 0.0164. The van der Waals surface area contributed by atoms with Gasteiger partial charge in [-0.25, -0.2) is 0 Å². The maximum absolute atomic E-state index is 6.49. The molecule has 10 aromatic carbocycles. The molecule has 1 atom stereocenters. The minimum atomic E-state index is -0.617. The maximum Gasteiger partial charge on any atom is 0.137 e. The van der Waals surface area contributed by atoms with E-state index in [9.17, 15) is 0 Å². The van der Waals surface area contributed by atoms with Gasteiger partial charge in [-0.1, -0.05) is 164 Å². The lowest BCUT2D eigenvalue weighted by molar-refractivity contribution is 0.669. The van der Waals surface area contributed by atoms with Crippen molar-refractivity contribution >= 4 is 56.1 Å². The molecule has 0 aliphatic heterocycles. The Morgan fingerprint density at radius 1 is 0.297 bits per heavy atom. The lowest BCUT2D eigenvalue weighted by Crippen LogP contribution is -2.26. The zero-order valence-electron chi connectivity index (χ0n) is 34.9. The first-order chi connectivity index (χ1) is 31.8. The van der Waals surface area contributed by atoms with Gasteiger partial charge in [0.2, 0.25) is 0 Å². The molecule has 3 nitrogen and oxygen atoms in total. The monoisotopic (exact) mass is 816 g/mol. The summed E-state index contributed by atoms with van der Waals surface area (Å²) in [6.45, 7) is 0. The van der Waals surface area contributed by atoms with Crippen LogP contribution in [-0.4, -0.2) is 0 Å². The number of nitrogens with zero attached hydrogens (tertiary/aromatic N) is 2. The third-order valence-corrected chi connectivity index (χ3v) is 13.4. The molecule has 0 radical (unpaired) electrons. The average molecular weight is 817 g/mol. The zero-order chi connectivity index (χ0) is 42.2. The van der Waals surface area contributed by atoms with Gasteiger partial charge in [0.05, 0.1) is 22.2 Å². The van der Waals surface area contributed by atoms with E-state index >= 15 is 0 Å². The lowest BCUT2D eigenvalue weighted by atomic mass is 9.70. The van der Waals surface area contributed by atoms with Gasteiger partial charge in [-0.05, 0) is 129 Å². The summed E-state index contributed by atoms with van der Waals surface area (Å²) < 4.78 is 6.49. The van der Waals surface area contributed by atoms with E-state index in [-0.39, 0.29) is 0 Å². The molecule has 1 heterocycles. The molecule has 3 heteroatoms. The van der Waals surface area contributed by atoms with Crippen molar-refractivity contribution in [2.45, 2.75) is 5.41 Å². The molecule has 0 saturated heterocycles. The Morgan fingerprint density at radius 3 is 1.45 bits per heavy atom. The third kappa shape index (κ3) is 5.28. The quantitative estimate of drug-likeness (QED) is 0.160. The second-order valence-electron chi connectivity index (χ2n) is 16.8. The number of benzene rings is 10. The van der Waals surface area contributed by atoms with Crippen molar-refractivity contribution in [1.82, 2.24) is 0 Å². The minimum absolute atomic E-state index is 0.617. The summed E-state index contributed by atoms with van der Waals surface area (Å²) in [7, 11) is 0. The van der Waals surface area contributed by atoms with Gasteiger partial charge in [0.25, 0.3) is 0 Å². The molecule has 0 N–H and O–H groups in total. The van der Waals surface area contributed by atoms with E-state index in [1.54, 1.807) is 0 Å². The Hall–Kier alpha value is -8.40. The van der Waals surface area contributed by atoms with Crippen LogP contribution in [0.15, 0.2) is 247 Å². The standard InChI is InChI=1S/C61H40N2O/c1-5-20-41(21-6-1)50-39-51-47-29-14-17-32-53(47)61(55(51)40-57(50)62(42-22-7-2-8-23-42)43-24-9-3-10-25-43)52-31-16-13-28-46(52)48-37-36-45(38-54(48)61)63(44-26-11-4-12-27-44)56-33-19-35-59-60(56)49-30-15-18-34-58(49)64-59/h1-40H. The highest BCUT2D eigenvalue weighted by molar-refractivity contribution is 6.13. The molecule has 13 rings (SSSR count). The van der Waals surface area contributed by atoms with Crippen molar-refractivity contribution in [2.24, 2.45) is 0 Å². The second-order valence-corrected chi connectivity index (χ2v) is 16.8. The normalized spacial score (nSPS) is 14.3. The number of fused-ring (bicyclic) bond motifs is 13. The molecule has 11 aromatic rings. The fourth-order valence-corrected chi connectivity index (χ4v) is 10.9. The Morgan fingerprint density at radius 2 is 0.797 bits per heavy atom. The Kier molecular flexibility index (Phi) is 8.13. The Balaban J connectivity index is 1.13. The number of hydrogen-bond donors (Lipinski definition) is 0. The van der Waals surface area contributed by atoms with Crippen LogP contribution in [-0.2, 0) is 5.41 Å². The van der Waals surface area contributed by atoms with E-state index in [4.69, 9.17) is 4.42 Å². The summed E-state index contributed by atoms with van der Waals surface area (Å²) in [5.41, 5.74) is 20.2. The fourth-order valence-electron chi connectivity index (χ4n) is 10.9. The molecule has 300 valence electrons. The van der Waals surface area contributed by atoms with Crippen LogP contribution >= 0.6 is 0 Å². The van der Waals surface area contributed by atoms with Crippen molar-refractivity contribution in [2.75, 3.05) is 9.80 Å². The number of furan rings is 1. The smallest absolute Gasteiger partial charge is 0.137 e. The van der Waals surface area contributed by atoms with Gasteiger partial charge in [0.15, 0.2) is 0 Å². The molecule has 64 heavy (non-hydrogen) atoms. The first kappa shape index (κ1) is 36.3. The first-order valence-electron chi connectivity index (χ1n) is 22.0. The van der Waals surface area contributed by atoms with Crippen LogP contribution in [0.1, 0.15) is 22.3 Å². The van der Waals surface area contributed by atoms with Crippen LogP contribution in [0.3, 0.4) is 0 Å². The van der Waals surface area contributed by atoms with Crippen molar-refractivity contribution < 1.29 is 4.42 Å². The van der Waals surface area contributed by atoms with Crippen LogP contribution in [0.5, 0.6) is 0 Å². The molecule has 0 bridgehead atoms. The van der Waals surface area contributed by atoms with Gasteiger partial charge in [-0.3, -0.25) is 0 Å². The highest BCUT2D eigenvalue weighted by Gasteiger charge is 2.52. The summed E-state index contributed by atoms with van der Waals surface area (Å²) in [6, 6.07) is 88.4. The molecule has 1 aromatic heterocycles. The van der Waals surface area contributed by atoms with Crippen molar-refractivity contribution in [3.63, 3.8) is 0 Å². The molecule has 0 saturated carbocycles. The summed E-state index contributed by atoms with van der Waals surface area (Å²) in [5, 5.41) is 2.19. The van der Waals surface area contributed by atoms with Crippen LogP contribution in [0.25, 0.3) is 55.3 Å². The molecule has 0 amide bonds. The van der Waals surface area contributed by atoms with Crippen molar-refractivity contribution in [1.29, 1.82) is 0 Å².